The second-order valence-electron chi connectivity index (χ2n) is 6.83. The predicted molar refractivity (Wildman–Crippen MR) is 81.3 cm³/mol. The summed E-state index contributed by atoms with van der Waals surface area (Å²) in [6, 6.07) is 3.68. The normalized spacial score (nSPS) is 23.1. The zero-order chi connectivity index (χ0) is 15.3. The molecule has 3 rings (SSSR count). The average molecular weight is 288 g/mol. The molecular formula is C15H21BN2O3. The van der Waals surface area contributed by atoms with Gasteiger partial charge in [0.1, 0.15) is 5.82 Å². The lowest BCUT2D eigenvalue weighted by atomic mass is 9.80. The van der Waals surface area contributed by atoms with Crippen LogP contribution in [0.1, 0.15) is 40.5 Å². The number of pyridine rings is 1. The topological polar surface area (TPSA) is 60.5 Å². The van der Waals surface area contributed by atoms with Crippen LogP contribution in [-0.4, -0.2) is 29.2 Å². The summed E-state index contributed by atoms with van der Waals surface area (Å²) in [5.74, 6) is 0.764. The van der Waals surface area contributed by atoms with E-state index in [9.17, 15) is 4.79 Å². The van der Waals surface area contributed by atoms with Gasteiger partial charge >= 0.3 is 7.12 Å². The number of hydrogen-bond donors (Lipinski definition) is 1. The quantitative estimate of drug-likeness (QED) is 0.860. The lowest BCUT2D eigenvalue weighted by Crippen LogP contribution is -2.41. The third-order valence-electron chi connectivity index (χ3n) is 4.51. The van der Waals surface area contributed by atoms with Crippen LogP contribution in [0.15, 0.2) is 18.3 Å². The molecule has 0 radical (unpaired) electrons. The molecule has 1 aliphatic heterocycles. The van der Waals surface area contributed by atoms with Gasteiger partial charge in [-0.15, -0.1) is 0 Å². The number of nitrogens with zero attached hydrogens (tertiary/aromatic N) is 1. The molecule has 1 amide bonds. The van der Waals surface area contributed by atoms with Crippen molar-refractivity contribution in [2.75, 3.05) is 5.32 Å². The fourth-order valence-electron chi connectivity index (χ4n) is 2.21. The largest absolute Gasteiger partial charge is 0.495 e. The summed E-state index contributed by atoms with van der Waals surface area (Å²) in [5.41, 5.74) is 0.117. The van der Waals surface area contributed by atoms with E-state index >= 15 is 0 Å². The number of rotatable bonds is 3. The Morgan fingerprint density at radius 3 is 2.48 bits per heavy atom. The van der Waals surface area contributed by atoms with Crippen molar-refractivity contribution in [3.63, 3.8) is 0 Å². The molecule has 1 aromatic heterocycles. The Hall–Kier alpha value is -1.40. The summed E-state index contributed by atoms with van der Waals surface area (Å²) in [6.45, 7) is 8.07. The van der Waals surface area contributed by atoms with E-state index in [0.29, 0.717) is 5.82 Å². The predicted octanol–water partition coefficient (Wildman–Crippen LogP) is 1.73. The van der Waals surface area contributed by atoms with E-state index in [1.54, 1.807) is 6.20 Å². The van der Waals surface area contributed by atoms with E-state index in [4.69, 9.17) is 9.31 Å². The highest BCUT2D eigenvalue weighted by Gasteiger charge is 2.51. The highest BCUT2D eigenvalue weighted by molar-refractivity contribution is 6.62. The van der Waals surface area contributed by atoms with Crippen molar-refractivity contribution < 1.29 is 14.1 Å². The Labute approximate surface area is 125 Å². The van der Waals surface area contributed by atoms with Crippen molar-refractivity contribution in [1.82, 2.24) is 4.98 Å². The second-order valence-corrected chi connectivity index (χ2v) is 6.83. The lowest BCUT2D eigenvalue weighted by Gasteiger charge is -2.32. The van der Waals surface area contributed by atoms with E-state index in [0.717, 1.165) is 18.3 Å². The third-order valence-corrected chi connectivity index (χ3v) is 4.51. The first-order chi connectivity index (χ1) is 9.78. The van der Waals surface area contributed by atoms with Crippen molar-refractivity contribution >= 4 is 24.3 Å². The van der Waals surface area contributed by atoms with Gasteiger partial charge < -0.3 is 14.6 Å². The fraction of sp³-hybridized carbons (Fsp3) is 0.600. The number of amides is 1. The van der Waals surface area contributed by atoms with Gasteiger partial charge in [-0.05, 0) is 58.1 Å². The summed E-state index contributed by atoms with van der Waals surface area (Å²) in [7, 11) is -0.436. The maximum absolute atomic E-state index is 11.8. The van der Waals surface area contributed by atoms with Crippen LogP contribution in [0.5, 0.6) is 0 Å². The molecule has 21 heavy (non-hydrogen) atoms. The summed E-state index contributed by atoms with van der Waals surface area (Å²) >= 11 is 0. The molecular weight excluding hydrogens is 267 g/mol. The van der Waals surface area contributed by atoms with E-state index in [2.05, 4.69) is 10.3 Å². The molecule has 0 aromatic carbocycles. The number of nitrogens with one attached hydrogen (secondary N) is 1. The van der Waals surface area contributed by atoms with Gasteiger partial charge in [0.25, 0.3) is 0 Å². The number of anilines is 1. The van der Waals surface area contributed by atoms with E-state index in [-0.39, 0.29) is 23.0 Å². The first kappa shape index (κ1) is 14.5. The van der Waals surface area contributed by atoms with Crippen molar-refractivity contribution in [3.8, 4) is 0 Å². The molecule has 112 valence electrons. The van der Waals surface area contributed by atoms with Crippen molar-refractivity contribution in [2.24, 2.45) is 5.92 Å². The number of aromatic nitrogens is 1. The molecule has 0 atom stereocenters. The monoisotopic (exact) mass is 288 g/mol. The van der Waals surface area contributed by atoms with Gasteiger partial charge in [-0.25, -0.2) is 4.98 Å². The highest BCUT2D eigenvalue weighted by atomic mass is 16.7. The molecule has 5 nitrogen and oxygen atoms in total. The second kappa shape index (κ2) is 4.82. The van der Waals surface area contributed by atoms with Gasteiger partial charge in [0.15, 0.2) is 0 Å². The summed E-state index contributed by atoms with van der Waals surface area (Å²) in [6.07, 6.45) is 3.62. The van der Waals surface area contributed by atoms with Gasteiger partial charge in [0.05, 0.1) is 11.2 Å². The molecule has 1 aromatic rings. The van der Waals surface area contributed by atoms with Crippen LogP contribution in [0, 0.1) is 5.92 Å². The Balaban J connectivity index is 1.76. The van der Waals surface area contributed by atoms with E-state index in [1.165, 1.54) is 0 Å². The number of carbonyl (C=O) groups excluding carboxylic acids is 1. The molecule has 2 aliphatic rings. The third kappa shape index (κ3) is 2.83. The maximum atomic E-state index is 11.8. The van der Waals surface area contributed by atoms with Gasteiger partial charge in [-0.2, -0.15) is 0 Å². The number of hydrogen-bond acceptors (Lipinski definition) is 4. The SMILES string of the molecule is CC1(C)OB(c2ccnc(NC(=O)C3CC3)c2)OC1(C)C. The lowest BCUT2D eigenvalue weighted by molar-refractivity contribution is -0.117. The molecule has 6 heteroatoms. The van der Waals surface area contributed by atoms with Crippen LogP contribution in [0.4, 0.5) is 5.82 Å². The zero-order valence-electron chi connectivity index (χ0n) is 13.0. The van der Waals surface area contributed by atoms with Crippen molar-refractivity contribution in [2.45, 2.75) is 51.7 Å². The minimum atomic E-state index is -0.436. The summed E-state index contributed by atoms with van der Waals surface area (Å²) < 4.78 is 12.0. The molecule has 2 fully saturated rings. The van der Waals surface area contributed by atoms with E-state index in [1.807, 2.05) is 39.8 Å². The smallest absolute Gasteiger partial charge is 0.399 e. The van der Waals surface area contributed by atoms with Gasteiger partial charge in [0, 0.05) is 12.1 Å². The minimum Gasteiger partial charge on any atom is -0.399 e. The van der Waals surface area contributed by atoms with Gasteiger partial charge in [0.2, 0.25) is 5.91 Å². The minimum absolute atomic E-state index is 0.0496. The standard InChI is InChI=1S/C15H21BN2O3/c1-14(2)15(3,4)21-16(20-14)11-7-8-17-12(9-11)18-13(19)10-5-6-10/h7-10H,5-6H2,1-4H3,(H,17,18,19). The van der Waals surface area contributed by atoms with Crippen LogP contribution >= 0.6 is 0 Å². The molecule has 1 saturated carbocycles. The molecule has 1 aliphatic carbocycles. The van der Waals surface area contributed by atoms with E-state index < -0.39 is 7.12 Å². The van der Waals surface area contributed by atoms with Gasteiger partial charge in [-0.3, -0.25) is 4.79 Å². The van der Waals surface area contributed by atoms with Crippen LogP contribution in [0.25, 0.3) is 0 Å². The molecule has 0 spiro atoms. The molecule has 0 bridgehead atoms. The first-order valence-corrected chi connectivity index (χ1v) is 7.41. The Morgan fingerprint density at radius 2 is 1.90 bits per heavy atom. The first-order valence-electron chi connectivity index (χ1n) is 7.41. The van der Waals surface area contributed by atoms with Crippen LogP contribution in [0.3, 0.4) is 0 Å². The van der Waals surface area contributed by atoms with Crippen molar-refractivity contribution in [3.05, 3.63) is 18.3 Å². The molecule has 1 N–H and O–H groups in total. The van der Waals surface area contributed by atoms with Gasteiger partial charge in [-0.1, -0.05) is 0 Å². The number of carbonyl (C=O) groups is 1. The summed E-state index contributed by atoms with van der Waals surface area (Å²) in [4.78, 5) is 16.0. The van der Waals surface area contributed by atoms with Crippen LogP contribution in [-0.2, 0) is 14.1 Å². The Bertz CT molecular complexity index is 554. The maximum Gasteiger partial charge on any atom is 0.495 e. The van der Waals surface area contributed by atoms with Crippen molar-refractivity contribution in [1.29, 1.82) is 0 Å². The Kier molecular flexibility index (Phi) is 3.33. The highest BCUT2D eigenvalue weighted by Crippen LogP contribution is 2.36. The summed E-state index contributed by atoms with van der Waals surface area (Å²) in [5, 5.41) is 2.85. The molecule has 0 unspecified atom stereocenters. The fourth-order valence-corrected chi connectivity index (χ4v) is 2.21. The Morgan fingerprint density at radius 1 is 1.29 bits per heavy atom. The zero-order valence-corrected chi connectivity index (χ0v) is 13.0. The van der Waals surface area contributed by atoms with Crippen LogP contribution < -0.4 is 10.8 Å². The molecule has 2 heterocycles. The average Bonchev–Trinajstić information content (AvgIpc) is 3.18. The van der Waals surface area contributed by atoms with Crippen LogP contribution in [0.2, 0.25) is 0 Å². The molecule has 1 saturated heterocycles.